The van der Waals surface area contributed by atoms with Gasteiger partial charge in [-0.05, 0) is 190 Å². The van der Waals surface area contributed by atoms with Crippen molar-refractivity contribution in [2.75, 3.05) is 125 Å². The van der Waals surface area contributed by atoms with Gasteiger partial charge in [-0.15, -0.1) is 20.4 Å². The van der Waals surface area contributed by atoms with E-state index in [2.05, 4.69) is 121 Å². The first-order valence-corrected chi connectivity index (χ1v) is 52.2. The fraction of sp³-hybridized carbons (Fsp3) is 0.272. The maximum absolute atomic E-state index is 10.6. The normalized spacial score (nSPS) is 13.7. The molecule has 5 aliphatic rings. The van der Waals surface area contributed by atoms with Gasteiger partial charge in [0.2, 0.25) is 35.8 Å². The second kappa shape index (κ2) is 49.6. The maximum atomic E-state index is 10.6. The van der Waals surface area contributed by atoms with Crippen molar-refractivity contribution >= 4 is 143 Å². The van der Waals surface area contributed by atoms with Crippen LogP contribution in [0, 0.1) is 13.5 Å². The van der Waals surface area contributed by atoms with Gasteiger partial charge >= 0.3 is 17.1 Å². The van der Waals surface area contributed by atoms with Crippen LogP contribution in [0.25, 0.3) is 107 Å². The topological polar surface area (TPSA) is 389 Å². The van der Waals surface area contributed by atoms with Crippen molar-refractivity contribution in [1.29, 1.82) is 0 Å². The van der Waals surface area contributed by atoms with Crippen LogP contribution in [0.15, 0.2) is 271 Å². The third-order valence-electron chi connectivity index (χ3n) is 22.2. The molecule has 0 saturated heterocycles. The summed E-state index contributed by atoms with van der Waals surface area (Å²) in [5, 5.41) is 24.4. The van der Waals surface area contributed by atoms with Gasteiger partial charge in [-0.3, -0.25) is 19.3 Å². The van der Waals surface area contributed by atoms with Crippen molar-refractivity contribution in [3.8, 4) is 62.7 Å². The molecule has 8 bridgehead atoms. The summed E-state index contributed by atoms with van der Waals surface area (Å²) in [7, 11) is 10.2. The number of rotatable bonds is 22. The molecule has 14 aromatic rings. The Labute approximate surface area is 848 Å². The molecule has 10 heterocycles. The zero-order valence-corrected chi connectivity index (χ0v) is 87.1. The largest absolute Gasteiger partial charge is 2.00 e. The molecule has 3 N–H and O–H groups in total. The van der Waals surface area contributed by atoms with Crippen LogP contribution in [-0.4, -0.2) is 236 Å². The average Bonchev–Trinajstić information content (AvgIpc) is 1.61. The number of amidine groups is 1. The molecule has 0 amide bonds. The Hall–Kier alpha value is -14.1. The van der Waals surface area contributed by atoms with Crippen LogP contribution in [-0.2, 0) is 68.3 Å². The molecule has 0 aliphatic carbocycles. The number of nitrogens with one attached hydrogen (secondary N) is 3. The van der Waals surface area contributed by atoms with E-state index in [4.69, 9.17) is 51.2 Å². The number of aryl methyl sites for hydroxylation is 2. The second-order valence-electron chi connectivity index (χ2n) is 34.0. The molecule has 0 fully saturated rings. The predicted octanol–water partition coefficient (Wildman–Crippen LogP) is 13.5. The number of sulfonamides is 3. The number of para-hydroxylation sites is 2. The van der Waals surface area contributed by atoms with Gasteiger partial charge in [0, 0.05) is 147 Å². The zero-order valence-electron chi connectivity index (χ0n) is 82.9. The Bertz CT molecular complexity index is 7570. The van der Waals surface area contributed by atoms with Gasteiger partial charge in [0.1, 0.15) is 22.5 Å². The van der Waals surface area contributed by atoms with Crippen molar-refractivity contribution < 1.29 is 47.1 Å². The molecule has 0 unspecified atom stereocenters. The molecular weight excluding hydrogens is 1930 g/mol. The number of hydrogen-bond donors (Lipinski definition) is 3. The number of anilines is 1. The van der Waals surface area contributed by atoms with Crippen LogP contribution in [0.2, 0.25) is 0 Å². The van der Waals surface area contributed by atoms with Gasteiger partial charge in [0.15, 0.2) is 32.7 Å². The molecule has 19 rings (SSSR count). The Kier molecular flexibility index (Phi) is 37.4. The van der Waals surface area contributed by atoms with Crippen LogP contribution in [0.4, 0.5) is 22.7 Å². The summed E-state index contributed by atoms with van der Waals surface area (Å²) in [5.74, 6) is 3.80. The molecule has 0 atom stereocenters. The van der Waals surface area contributed by atoms with Gasteiger partial charge in [0.25, 0.3) is 0 Å². The van der Waals surface area contributed by atoms with Crippen LogP contribution < -0.4 is 55.3 Å². The van der Waals surface area contributed by atoms with E-state index in [9.17, 15) is 25.3 Å². The molecule has 0 spiro atoms. The number of benzene rings is 9. The van der Waals surface area contributed by atoms with E-state index in [1.54, 1.807) is 22.6 Å². The molecule has 745 valence electrons. The summed E-state index contributed by atoms with van der Waals surface area (Å²) in [4.78, 5) is 68.9. The van der Waals surface area contributed by atoms with Crippen molar-refractivity contribution in [3.63, 3.8) is 0 Å². The number of hydrogen-bond acceptors (Lipinski definition) is 25. The maximum Gasteiger partial charge on any atom is 2.00 e. The third-order valence-corrected chi connectivity index (χ3v) is 25.4. The minimum atomic E-state index is -2.99. The number of nitrogens with zero attached hydrogens (tertiary/aromatic N) is 25. The third kappa shape index (κ3) is 28.9. The molecule has 1 radical (unpaired) electrons. The Morgan fingerprint density at radius 3 is 1.38 bits per heavy atom. The summed E-state index contributed by atoms with van der Waals surface area (Å²) in [6.07, 6.45) is 7.77. The van der Waals surface area contributed by atoms with E-state index in [0.29, 0.717) is 86.9 Å². The van der Waals surface area contributed by atoms with Crippen molar-refractivity contribution in [3.05, 3.63) is 280 Å². The standard InChI is InChI=1S/C32H16N8.C20H19N5.C17H18N2O.C16H15N7S.3C6H16N2O2S.Cu/c1-2-10-18-17(9-1)25-33-26(18)38-28-21-13-5-6-14-22(21)30(35-28)40-32-24-16-8-7-15-23(24)31(36-32)39-29-20-12-4-3-11-19(20)27(34-29)37-25;1-14-13-19(25(24(14)3)16-9-5-4-6-10-16)22-23-20-15(2)21-18-12-8-7-11-17(18)20;1-4-19(5-2)13-7-9-15-17(11-13)20-16-10-12(3)6-8-14(16)18-15;1-17-12-10-22(3)23(4)14(12)20-21-15-13(19-16(18-2)24-15)11-8-6-5-7-9-11;3*1-8(2)6-4-5-7-11(3,9)10;/h1-16H;4-13H,1-3H3;6-11H,3-5H2,1-2H3;5-10H,2-4H3;3*7H,4-6H2,1-3H3;/q-2;;;;;;;+2/b;22-19-,23-20-;;18-16?,20-14+,21-15+;;;;. The van der Waals surface area contributed by atoms with Crippen molar-refractivity contribution in [1.82, 2.24) is 87.5 Å². The van der Waals surface area contributed by atoms with Gasteiger partial charge in [-0.2, -0.15) is 0 Å². The first kappa shape index (κ1) is 108. The van der Waals surface area contributed by atoms with Crippen LogP contribution in [0.1, 0.15) is 56.9 Å². The van der Waals surface area contributed by atoms with E-state index >= 15 is 0 Å². The molecule has 143 heavy (non-hydrogen) atoms. The van der Waals surface area contributed by atoms with Gasteiger partial charge < -0.3 is 58.9 Å². The van der Waals surface area contributed by atoms with E-state index in [-0.39, 0.29) is 17.1 Å². The molecule has 0 saturated carbocycles. The zero-order chi connectivity index (χ0) is 102. The first-order chi connectivity index (χ1) is 68.0. The van der Waals surface area contributed by atoms with Crippen LogP contribution >= 0.6 is 11.8 Å². The molecule has 5 aromatic heterocycles. The SMILES string of the molecule is C=c1ccc2c(c1)Oc1cc(N(CC)CC)ccc1N=2.CC1=Nc2ccccc2/C1=N\N=c1\cc(C)n(C)n1-c1ccccc1.CN(C)CCCNS(C)(=O)=O.CN(C)CCCNS(C)(=O)=O.CN(C)CCCNS(C)(=O)=O.[C-]#[N+]c1cn(C)n(C)/c1=N/N=C1/SC(=NC)N=C1c1ccccc1.[Cu+2].c1ccc2c(c1)-c1nc-2nc2[n-]c(nc3nc(nc4[n-]c(n1)c1ccccc41)-c1ccccc1-3)c1ccccc21. The summed E-state index contributed by atoms with van der Waals surface area (Å²) in [6.45, 7) is 25.8. The fourth-order valence-electron chi connectivity index (χ4n) is 15.1. The number of fused-ring (bicyclic) bond motifs is 23. The van der Waals surface area contributed by atoms with E-state index in [0.717, 1.165) is 180 Å². The minimum Gasteiger partial charge on any atom is -0.453 e. The Morgan fingerprint density at radius 1 is 0.490 bits per heavy atom. The number of aliphatic imine (C=N–C) groups is 3. The van der Waals surface area contributed by atoms with Crippen LogP contribution in [0.5, 0.6) is 11.5 Å². The van der Waals surface area contributed by atoms with Crippen molar-refractivity contribution in [2.45, 2.75) is 47.0 Å². The molecule has 9 aromatic carbocycles. The predicted molar refractivity (Wildman–Crippen MR) is 573 cm³/mol. The fourth-order valence-corrected chi connectivity index (χ4v) is 17.3. The molecule has 5 aliphatic heterocycles. The van der Waals surface area contributed by atoms with Gasteiger partial charge in [-0.25, -0.2) is 68.9 Å². The quantitative estimate of drug-likeness (QED) is 0.0245. The second-order valence-corrected chi connectivity index (χ2v) is 40.5. The molecule has 35 nitrogen and oxygen atoms in total. The molecular formula is C103H116CuN28O7S4. The molecule has 40 heteroatoms. The first-order valence-electron chi connectivity index (χ1n) is 45.7. The number of thioether (sulfide) groups is 1. The smallest absolute Gasteiger partial charge is 0.453 e. The van der Waals surface area contributed by atoms with E-state index in [1.165, 1.54) is 30.5 Å². The van der Waals surface area contributed by atoms with Crippen molar-refractivity contribution in [2.24, 2.45) is 61.5 Å². The summed E-state index contributed by atoms with van der Waals surface area (Å²) >= 11 is 1.37. The number of aromatic nitrogens is 12. The van der Waals surface area contributed by atoms with E-state index < -0.39 is 30.1 Å². The van der Waals surface area contributed by atoms with Gasteiger partial charge in [0.05, 0.1) is 65.7 Å². The van der Waals surface area contributed by atoms with Crippen LogP contribution in [0.3, 0.4) is 0 Å². The summed E-state index contributed by atoms with van der Waals surface area (Å²) in [5.41, 5.74) is 17.1. The minimum absolute atomic E-state index is 0. The van der Waals surface area contributed by atoms with E-state index in [1.807, 2.05) is 290 Å². The number of ether oxygens (including phenoxy) is 1. The summed E-state index contributed by atoms with van der Waals surface area (Å²) < 4.78 is 84.2. The summed E-state index contributed by atoms with van der Waals surface area (Å²) in [6, 6.07) is 73.8. The Balaban J connectivity index is 0.000000157. The van der Waals surface area contributed by atoms with Gasteiger partial charge in [-0.1, -0.05) is 176 Å². The Morgan fingerprint density at radius 2 is 0.937 bits per heavy atom. The average molecular weight is 2050 g/mol. The monoisotopic (exact) mass is 2050 g/mol.